The highest BCUT2D eigenvalue weighted by molar-refractivity contribution is 6.62. The van der Waals surface area contributed by atoms with E-state index in [1.165, 1.54) is 12.0 Å². The first-order chi connectivity index (χ1) is 9.41. The minimum atomic E-state index is -0.181. The number of rotatable bonds is 1. The Bertz CT molecular complexity index is 556. The van der Waals surface area contributed by atoms with Crippen molar-refractivity contribution >= 4 is 12.6 Å². The molecule has 20 heavy (non-hydrogen) atoms. The highest BCUT2D eigenvalue weighted by Crippen LogP contribution is 2.65. The van der Waals surface area contributed by atoms with Gasteiger partial charge in [-0.1, -0.05) is 43.7 Å². The van der Waals surface area contributed by atoms with Crippen LogP contribution in [0.2, 0.25) is 0 Å². The molecule has 106 valence electrons. The van der Waals surface area contributed by atoms with E-state index < -0.39 is 0 Å². The quantitative estimate of drug-likeness (QED) is 0.730. The van der Waals surface area contributed by atoms with Crippen molar-refractivity contribution in [3.63, 3.8) is 0 Å². The van der Waals surface area contributed by atoms with Gasteiger partial charge in [-0.15, -0.1) is 0 Å². The molecule has 1 aromatic rings. The van der Waals surface area contributed by atoms with Crippen molar-refractivity contribution < 1.29 is 9.31 Å². The second-order valence-corrected chi connectivity index (χ2v) is 7.71. The van der Waals surface area contributed by atoms with Crippen LogP contribution in [0.3, 0.4) is 0 Å². The third-order valence-electron chi connectivity index (χ3n) is 6.26. The normalized spacial score (nSPS) is 41.2. The number of benzene rings is 1. The maximum Gasteiger partial charge on any atom is 0.494 e. The van der Waals surface area contributed by atoms with E-state index in [9.17, 15) is 0 Å². The minimum Gasteiger partial charge on any atom is -0.402 e. The molecule has 3 aliphatic carbocycles. The zero-order chi connectivity index (χ0) is 14.1. The van der Waals surface area contributed by atoms with Crippen LogP contribution in [0.5, 0.6) is 0 Å². The van der Waals surface area contributed by atoms with Gasteiger partial charge in [0.2, 0.25) is 0 Å². The van der Waals surface area contributed by atoms with Crippen molar-refractivity contribution in [2.75, 3.05) is 0 Å². The summed E-state index contributed by atoms with van der Waals surface area (Å²) in [5, 5.41) is 0. The summed E-state index contributed by atoms with van der Waals surface area (Å²) in [6.07, 6.45) is 2.73. The van der Waals surface area contributed by atoms with E-state index in [1.807, 2.05) is 0 Å². The van der Waals surface area contributed by atoms with Crippen LogP contribution in [-0.2, 0) is 9.31 Å². The van der Waals surface area contributed by atoms with Gasteiger partial charge in [-0.2, -0.15) is 0 Å². The summed E-state index contributed by atoms with van der Waals surface area (Å²) >= 11 is 0. The van der Waals surface area contributed by atoms with Crippen molar-refractivity contribution in [2.45, 2.75) is 52.2 Å². The first-order valence-corrected chi connectivity index (χ1v) is 7.81. The molecule has 2 nitrogen and oxygen atoms in total. The lowest BCUT2D eigenvalue weighted by molar-refractivity contribution is -0.199. The summed E-state index contributed by atoms with van der Waals surface area (Å²) in [5.74, 6) is 1.44. The second-order valence-electron chi connectivity index (χ2n) is 7.71. The fraction of sp³-hybridized carbons (Fsp3) is 0.647. The summed E-state index contributed by atoms with van der Waals surface area (Å²) in [5.41, 5.74) is 2.73. The van der Waals surface area contributed by atoms with Gasteiger partial charge in [0.25, 0.3) is 0 Å². The molecule has 1 aromatic carbocycles. The van der Waals surface area contributed by atoms with Crippen LogP contribution in [0.15, 0.2) is 24.3 Å². The van der Waals surface area contributed by atoms with Crippen LogP contribution >= 0.6 is 0 Å². The maximum atomic E-state index is 6.46. The molecular formula is C17H23BO2. The van der Waals surface area contributed by atoms with Gasteiger partial charge in [0.1, 0.15) is 0 Å². The average molecular weight is 270 g/mol. The molecule has 3 unspecified atom stereocenters. The van der Waals surface area contributed by atoms with E-state index in [1.54, 1.807) is 0 Å². The van der Waals surface area contributed by atoms with E-state index in [2.05, 4.69) is 52.0 Å². The Morgan fingerprint density at radius 3 is 2.70 bits per heavy atom. The molecule has 0 spiro atoms. The van der Waals surface area contributed by atoms with Crippen molar-refractivity contribution in [3.05, 3.63) is 29.8 Å². The molecule has 3 heteroatoms. The lowest BCUT2D eigenvalue weighted by Crippen LogP contribution is -2.65. The first-order valence-electron chi connectivity index (χ1n) is 7.81. The van der Waals surface area contributed by atoms with E-state index >= 15 is 0 Å². The zero-order valence-corrected chi connectivity index (χ0v) is 12.8. The number of aryl methyl sites for hydroxylation is 1. The SMILES string of the molecule is Cc1cccc(B2OC3CC4CC(C4(C)C)[C@]3(C)O2)c1. The highest BCUT2D eigenvalue weighted by Gasteiger charge is 2.67. The smallest absolute Gasteiger partial charge is 0.402 e. The van der Waals surface area contributed by atoms with Crippen LogP contribution in [-0.4, -0.2) is 18.8 Å². The van der Waals surface area contributed by atoms with Crippen molar-refractivity contribution in [1.29, 1.82) is 0 Å². The van der Waals surface area contributed by atoms with E-state index in [-0.39, 0.29) is 18.8 Å². The molecule has 4 aliphatic rings. The Morgan fingerprint density at radius 2 is 2.00 bits per heavy atom. The Kier molecular flexibility index (Phi) is 2.51. The molecule has 3 saturated carbocycles. The third-order valence-corrected chi connectivity index (χ3v) is 6.26. The third kappa shape index (κ3) is 1.54. The predicted octanol–water partition coefficient (Wildman–Crippen LogP) is 2.93. The standard InChI is InChI=1S/C17H23BO2/c1-11-6-5-7-13(8-11)18-19-15-10-12-9-14(16(12,2)3)17(15,4)20-18/h5-8,12,14-15H,9-10H2,1-4H3/t12?,14?,15?,17-/m0/s1. The van der Waals surface area contributed by atoms with Crippen molar-refractivity contribution in [3.8, 4) is 0 Å². The molecule has 1 saturated heterocycles. The second kappa shape index (κ2) is 3.89. The largest absolute Gasteiger partial charge is 0.494 e. The van der Waals surface area contributed by atoms with Crippen LogP contribution in [0.1, 0.15) is 39.2 Å². The Morgan fingerprint density at radius 1 is 1.20 bits per heavy atom. The molecule has 0 radical (unpaired) electrons. The maximum absolute atomic E-state index is 6.46. The molecule has 4 atom stereocenters. The lowest BCUT2D eigenvalue weighted by atomic mass is 9.43. The number of hydrogen-bond donors (Lipinski definition) is 0. The molecule has 5 rings (SSSR count). The van der Waals surface area contributed by atoms with Gasteiger partial charge >= 0.3 is 7.12 Å². The van der Waals surface area contributed by atoms with Gasteiger partial charge in [-0.05, 0) is 49.4 Å². The van der Waals surface area contributed by atoms with E-state index in [4.69, 9.17) is 9.31 Å². The molecule has 0 amide bonds. The first kappa shape index (κ1) is 12.9. The van der Waals surface area contributed by atoms with Crippen LogP contribution in [0.4, 0.5) is 0 Å². The molecule has 0 aromatic heterocycles. The fourth-order valence-electron chi connectivity index (χ4n) is 4.83. The monoisotopic (exact) mass is 270 g/mol. The number of hydrogen-bond acceptors (Lipinski definition) is 2. The molecule has 1 aliphatic heterocycles. The van der Waals surface area contributed by atoms with Gasteiger partial charge in [-0.25, -0.2) is 0 Å². The van der Waals surface area contributed by atoms with Gasteiger partial charge < -0.3 is 9.31 Å². The summed E-state index contributed by atoms with van der Waals surface area (Å²) in [7, 11) is -0.181. The lowest BCUT2D eigenvalue weighted by Gasteiger charge is -2.64. The summed E-state index contributed by atoms with van der Waals surface area (Å²) < 4.78 is 12.7. The fourth-order valence-corrected chi connectivity index (χ4v) is 4.83. The average Bonchev–Trinajstić information content (AvgIpc) is 2.75. The molecular weight excluding hydrogens is 247 g/mol. The zero-order valence-electron chi connectivity index (χ0n) is 12.8. The Hall–Kier alpha value is -0.795. The summed E-state index contributed by atoms with van der Waals surface area (Å²) in [4.78, 5) is 0. The van der Waals surface area contributed by atoms with Crippen molar-refractivity contribution in [1.82, 2.24) is 0 Å². The summed E-state index contributed by atoms with van der Waals surface area (Å²) in [6, 6.07) is 8.51. The molecule has 1 heterocycles. The molecule has 2 bridgehead atoms. The van der Waals surface area contributed by atoms with Gasteiger partial charge in [0, 0.05) is 0 Å². The predicted molar refractivity (Wildman–Crippen MR) is 80.9 cm³/mol. The van der Waals surface area contributed by atoms with E-state index in [0.29, 0.717) is 11.3 Å². The summed E-state index contributed by atoms with van der Waals surface area (Å²) in [6.45, 7) is 9.19. The minimum absolute atomic E-state index is 0.105. The van der Waals surface area contributed by atoms with Crippen LogP contribution in [0, 0.1) is 24.2 Å². The van der Waals surface area contributed by atoms with Gasteiger partial charge in [0.15, 0.2) is 0 Å². The van der Waals surface area contributed by atoms with Crippen LogP contribution < -0.4 is 5.46 Å². The van der Waals surface area contributed by atoms with Crippen LogP contribution in [0.25, 0.3) is 0 Å². The topological polar surface area (TPSA) is 18.5 Å². The van der Waals surface area contributed by atoms with Gasteiger partial charge in [0.05, 0.1) is 11.7 Å². The van der Waals surface area contributed by atoms with Crippen molar-refractivity contribution in [2.24, 2.45) is 17.3 Å². The van der Waals surface area contributed by atoms with Gasteiger partial charge in [-0.3, -0.25) is 0 Å². The molecule has 4 fully saturated rings. The Balaban J connectivity index is 1.64. The molecule has 0 N–H and O–H groups in total. The Labute approximate surface area is 122 Å². The van der Waals surface area contributed by atoms with E-state index in [0.717, 1.165) is 17.8 Å². The highest BCUT2D eigenvalue weighted by atomic mass is 16.7.